The summed E-state index contributed by atoms with van der Waals surface area (Å²) in [6.07, 6.45) is -25.1. The van der Waals surface area contributed by atoms with Crippen LogP contribution in [-0.2, 0) is 30.9 Å². The summed E-state index contributed by atoms with van der Waals surface area (Å²) in [5.41, 5.74) is -9.99. The van der Waals surface area contributed by atoms with Gasteiger partial charge in [-0.1, -0.05) is 0 Å². The minimum atomic E-state index is -5.06. The van der Waals surface area contributed by atoms with Crippen LogP contribution in [-0.4, -0.2) is 9.13 Å². The van der Waals surface area contributed by atoms with Gasteiger partial charge in [0.05, 0.1) is 72.9 Å². The number of hydrogen-bond acceptors (Lipinski definition) is 2. The van der Waals surface area contributed by atoms with Crippen molar-refractivity contribution in [3.63, 3.8) is 0 Å². The molecular formula is C43H17F15N4. The van der Waals surface area contributed by atoms with Crippen molar-refractivity contribution in [3.8, 4) is 34.6 Å². The number of halogens is 15. The molecule has 62 heavy (non-hydrogen) atoms. The average Bonchev–Trinajstić information content (AvgIpc) is 3.69. The molecule has 0 aliphatic carbocycles. The Bertz CT molecular complexity index is 2940. The number of aromatic nitrogens is 2. The molecule has 0 atom stereocenters. The summed E-state index contributed by atoms with van der Waals surface area (Å²) in [5, 5.41) is 18.9. The Kier molecular flexibility index (Phi) is 9.18. The molecule has 0 unspecified atom stereocenters. The molecule has 0 amide bonds. The third-order valence-electron chi connectivity index (χ3n) is 10.3. The Morgan fingerprint density at radius 2 is 0.645 bits per heavy atom. The molecule has 314 valence electrons. The van der Waals surface area contributed by atoms with E-state index in [1.54, 1.807) is 6.07 Å². The zero-order valence-electron chi connectivity index (χ0n) is 30.3. The van der Waals surface area contributed by atoms with Gasteiger partial charge in [-0.05, 0) is 114 Å². The lowest BCUT2D eigenvalue weighted by Crippen LogP contribution is -2.08. The van der Waals surface area contributed by atoms with E-state index in [4.69, 9.17) is 0 Å². The van der Waals surface area contributed by atoms with E-state index < -0.39 is 103 Å². The van der Waals surface area contributed by atoms with Crippen LogP contribution in [0.5, 0.6) is 0 Å². The zero-order chi connectivity index (χ0) is 45.1. The van der Waals surface area contributed by atoms with E-state index in [0.717, 1.165) is 51.6 Å². The molecule has 2 aromatic heterocycles. The van der Waals surface area contributed by atoms with Gasteiger partial charge in [0, 0.05) is 21.5 Å². The molecule has 0 aliphatic heterocycles. The molecule has 4 nitrogen and oxygen atoms in total. The number of rotatable bonds is 3. The van der Waals surface area contributed by atoms with Crippen LogP contribution in [0.4, 0.5) is 65.9 Å². The maximum absolute atomic E-state index is 14.2. The number of hydrogen-bond donors (Lipinski definition) is 0. The van der Waals surface area contributed by atoms with Crippen LogP contribution in [0.15, 0.2) is 103 Å². The molecule has 0 saturated carbocycles. The first-order valence-corrected chi connectivity index (χ1v) is 17.5. The lowest BCUT2D eigenvalue weighted by Gasteiger charge is -2.19. The first-order chi connectivity index (χ1) is 28.8. The molecule has 0 fully saturated rings. The second-order valence-corrected chi connectivity index (χ2v) is 14.0. The summed E-state index contributed by atoms with van der Waals surface area (Å²) in [6, 6.07) is 15.9. The Hall–Kier alpha value is -7.15. The minimum absolute atomic E-state index is 0.249. The van der Waals surface area contributed by atoms with Crippen molar-refractivity contribution in [3.05, 3.63) is 142 Å². The maximum atomic E-state index is 14.2. The number of nitrogens with zero attached hydrogens (tertiary/aromatic N) is 4. The third-order valence-corrected chi connectivity index (χ3v) is 10.3. The van der Waals surface area contributed by atoms with Crippen LogP contribution in [0.1, 0.15) is 38.9 Å². The molecule has 8 rings (SSSR count). The van der Waals surface area contributed by atoms with Crippen LogP contribution in [0.3, 0.4) is 0 Å². The van der Waals surface area contributed by atoms with Gasteiger partial charge in [0.2, 0.25) is 0 Å². The highest BCUT2D eigenvalue weighted by atomic mass is 19.4. The topological polar surface area (TPSA) is 57.4 Å². The van der Waals surface area contributed by atoms with Crippen LogP contribution in [0.2, 0.25) is 0 Å². The van der Waals surface area contributed by atoms with E-state index in [2.05, 4.69) is 0 Å². The minimum Gasteiger partial charge on any atom is -0.308 e. The second kappa shape index (κ2) is 13.7. The van der Waals surface area contributed by atoms with E-state index in [1.165, 1.54) is 0 Å². The predicted molar refractivity (Wildman–Crippen MR) is 195 cm³/mol. The van der Waals surface area contributed by atoms with Crippen molar-refractivity contribution in [1.29, 1.82) is 10.5 Å². The molecule has 0 aliphatic rings. The first-order valence-electron chi connectivity index (χ1n) is 17.5. The standard InChI is InChI=1S/C43H17F15N4/c44-39(45,46)23-1-5-33-28(14-23)29-15-24(40(47,48)49)2-6-34(29)61(33)37-12-22(21-9-20(18-59)10-27(11-21)43(56,57)58)13-38(32(37)19-60)62-35-7-3-25(41(50,51)52)16-30(35)31-17-26(42(53,54)55)4-8-36(31)62/h1-17H. The average molecular weight is 875 g/mol. The largest absolute Gasteiger partial charge is 0.416 e. The van der Waals surface area contributed by atoms with E-state index in [1.807, 2.05) is 6.07 Å². The SMILES string of the molecule is N#Cc1cc(-c2cc(-n3c4ccc(C(F)(F)F)cc4c4cc(C(F)(F)F)ccc43)c(C#N)c(-n3c4ccc(C(F)(F)F)cc4c4cc(C(F)(F)F)ccc43)c2)cc(C(F)(F)F)c1. The van der Waals surface area contributed by atoms with Gasteiger partial charge in [0.15, 0.2) is 0 Å². The number of fused-ring (bicyclic) bond motifs is 6. The van der Waals surface area contributed by atoms with Crippen LogP contribution < -0.4 is 0 Å². The van der Waals surface area contributed by atoms with Gasteiger partial charge in [0.1, 0.15) is 11.6 Å². The first kappa shape index (κ1) is 41.6. The van der Waals surface area contributed by atoms with Gasteiger partial charge in [-0.2, -0.15) is 76.4 Å². The molecule has 0 saturated heterocycles. The Balaban J connectivity index is 1.58. The van der Waals surface area contributed by atoms with Gasteiger partial charge in [-0.25, -0.2) is 0 Å². The van der Waals surface area contributed by atoms with E-state index in [-0.39, 0.29) is 33.2 Å². The molecular weight excluding hydrogens is 857 g/mol. The van der Waals surface area contributed by atoms with Crippen molar-refractivity contribution in [2.75, 3.05) is 0 Å². The van der Waals surface area contributed by atoms with Crippen LogP contribution >= 0.6 is 0 Å². The van der Waals surface area contributed by atoms with Crippen molar-refractivity contribution in [2.45, 2.75) is 30.9 Å². The maximum Gasteiger partial charge on any atom is 0.416 e. The molecule has 0 spiro atoms. The summed E-state index contributed by atoms with van der Waals surface area (Å²) in [7, 11) is 0. The fraction of sp³-hybridized carbons (Fsp3) is 0.116. The van der Waals surface area contributed by atoms with Gasteiger partial charge in [0.25, 0.3) is 0 Å². The molecule has 8 aromatic rings. The highest BCUT2D eigenvalue weighted by molar-refractivity contribution is 6.12. The molecule has 6 aromatic carbocycles. The fourth-order valence-electron chi connectivity index (χ4n) is 7.54. The number of benzene rings is 6. The quantitative estimate of drug-likeness (QED) is 0.166. The van der Waals surface area contributed by atoms with Crippen LogP contribution in [0.25, 0.3) is 66.1 Å². The van der Waals surface area contributed by atoms with Crippen molar-refractivity contribution >= 4 is 43.6 Å². The lowest BCUT2D eigenvalue weighted by molar-refractivity contribution is -0.138. The van der Waals surface area contributed by atoms with Crippen molar-refractivity contribution in [1.82, 2.24) is 9.13 Å². The second-order valence-electron chi connectivity index (χ2n) is 14.0. The highest BCUT2D eigenvalue weighted by Gasteiger charge is 2.37. The van der Waals surface area contributed by atoms with Gasteiger partial charge in [-0.3, -0.25) is 0 Å². The van der Waals surface area contributed by atoms with Gasteiger partial charge in [-0.15, -0.1) is 0 Å². The highest BCUT2D eigenvalue weighted by Crippen LogP contribution is 2.45. The molecule has 19 heteroatoms. The third kappa shape index (κ3) is 6.96. The molecule has 0 N–H and O–H groups in total. The van der Waals surface area contributed by atoms with Crippen molar-refractivity contribution < 1.29 is 65.9 Å². The normalized spacial score (nSPS) is 13.0. The Labute approximate surface area is 336 Å². The molecule has 2 heterocycles. The summed E-state index contributed by atoms with van der Waals surface area (Å²) in [6.45, 7) is 0. The van der Waals surface area contributed by atoms with E-state index in [9.17, 15) is 76.4 Å². The van der Waals surface area contributed by atoms with Gasteiger partial charge < -0.3 is 9.13 Å². The predicted octanol–water partition coefficient (Wildman–Crippen LogP) is 14.4. The number of nitriles is 2. The van der Waals surface area contributed by atoms with Crippen molar-refractivity contribution in [2.24, 2.45) is 0 Å². The Morgan fingerprint density at radius 3 is 0.919 bits per heavy atom. The molecule has 0 bridgehead atoms. The number of alkyl halides is 15. The smallest absolute Gasteiger partial charge is 0.308 e. The summed E-state index contributed by atoms with van der Waals surface area (Å²) in [4.78, 5) is 0. The summed E-state index contributed by atoms with van der Waals surface area (Å²) >= 11 is 0. The summed E-state index contributed by atoms with van der Waals surface area (Å²) < 4.78 is 213. The monoisotopic (exact) mass is 874 g/mol. The zero-order valence-corrected chi connectivity index (χ0v) is 30.3. The van der Waals surface area contributed by atoms with Crippen LogP contribution in [0, 0.1) is 22.7 Å². The summed E-state index contributed by atoms with van der Waals surface area (Å²) in [5.74, 6) is 0. The van der Waals surface area contributed by atoms with E-state index in [0.29, 0.717) is 60.7 Å². The van der Waals surface area contributed by atoms with E-state index >= 15 is 0 Å². The Morgan fingerprint density at radius 1 is 0.339 bits per heavy atom. The fourth-order valence-corrected chi connectivity index (χ4v) is 7.54. The molecule has 0 radical (unpaired) electrons. The lowest BCUT2D eigenvalue weighted by atomic mass is 9.96. The van der Waals surface area contributed by atoms with Gasteiger partial charge >= 0.3 is 30.9 Å².